The molecule has 0 atom stereocenters. The lowest BCUT2D eigenvalue weighted by Crippen LogP contribution is -2.12. The van der Waals surface area contributed by atoms with Gasteiger partial charge in [0.25, 0.3) is 5.91 Å². The Labute approximate surface area is 152 Å². The average molecular weight is 366 g/mol. The van der Waals surface area contributed by atoms with Crippen LogP contribution in [-0.4, -0.2) is 37.8 Å². The van der Waals surface area contributed by atoms with Gasteiger partial charge in [-0.05, 0) is 37.3 Å². The second kappa shape index (κ2) is 6.52. The Morgan fingerprint density at radius 3 is 2.77 bits per heavy atom. The predicted octanol–water partition coefficient (Wildman–Crippen LogP) is 2.82. The van der Waals surface area contributed by atoms with Crippen molar-refractivity contribution in [2.24, 2.45) is 0 Å². The van der Waals surface area contributed by atoms with E-state index in [2.05, 4.69) is 25.6 Å². The maximum Gasteiger partial charge on any atom is 0.262 e. The molecule has 1 amide bonds. The highest BCUT2D eigenvalue weighted by Gasteiger charge is 2.16. The maximum atomic E-state index is 12.5. The molecule has 1 N–H and O–H groups in total. The van der Waals surface area contributed by atoms with Crippen molar-refractivity contribution in [3.05, 3.63) is 54.0 Å². The third-order valence-corrected chi connectivity index (χ3v) is 4.62. The fraction of sp³-hybridized carbons (Fsp3) is 0.118. The zero-order chi connectivity index (χ0) is 18.1. The van der Waals surface area contributed by atoms with E-state index in [4.69, 9.17) is 4.74 Å². The Balaban J connectivity index is 1.56. The van der Waals surface area contributed by atoms with Crippen LogP contribution in [-0.2, 0) is 0 Å². The zero-order valence-electron chi connectivity index (χ0n) is 14.0. The molecule has 9 heteroatoms. The van der Waals surface area contributed by atoms with Crippen LogP contribution in [0, 0.1) is 6.92 Å². The summed E-state index contributed by atoms with van der Waals surface area (Å²) in [7, 11) is 1.62. The smallest absolute Gasteiger partial charge is 0.262 e. The first-order valence-electron chi connectivity index (χ1n) is 7.74. The molecule has 0 radical (unpaired) electrons. The predicted molar refractivity (Wildman–Crippen MR) is 97.6 cm³/mol. The van der Waals surface area contributed by atoms with E-state index in [0.717, 1.165) is 17.0 Å². The summed E-state index contributed by atoms with van der Waals surface area (Å²) in [4.78, 5) is 16.9. The SMILES string of the molecule is COc1ccc(-c2nnc(NC(=O)c3cnn4ccc(C)nc34)s2)cc1. The van der Waals surface area contributed by atoms with Gasteiger partial charge < -0.3 is 4.74 Å². The number of carbonyl (C=O) groups is 1. The van der Waals surface area contributed by atoms with E-state index >= 15 is 0 Å². The van der Waals surface area contributed by atoms with Crippen LogP contribution in [0.1, 0.15) is 16.1 Å². The van der Waals surface area contributed by atoms with E-state index in [1.165, 1.54) is 17.5 Å². The molecule has 0 unspecified atom stereocenters. The van der Waals surface area contributed by atoms with Crippen LogP contribution in [0.3, 0.4) is 0 Å². The molecule has 0 saturated carbocycles. The molecule has 26 heavy (non-hydrogen) atoms. The number of anilines is 1. The molecule has 3 aromatic heterocycles. The van der Waals surface area contributed by atoms with Gasteiger partial charge in [-0.2, -0.15) is 5.10 Å². The number of carbonyl (C=O) groups excluding carboxylic acids is 1. The topological polar surface area (TPSA) is 94.3 Å². The van der Waals surface area contributed by atoms with Gasteiger partial charge in [-0.1, -0.05) is 11.3 Å². The molecular formula is C17H14N6O2S. The molecule has 0 saturated heterocycles. The Hall–Kier alpha value is -3.33. The summed E-state index contributed by atoms with van der Waals surface area (Å²) < 4.78 is 6.70. The lowest BCUT2D eigenvalue weighted by atomic mass is 10.2. The Kier molecular flexibility index (Phi) is 4.05. The largest absolute Gasteiger partial charge is 0.497 e. The second-order valence-electron chi connectivity index (χ2n) is 5.49. The van der Waals surface area contributed by atoms with Gasteiger partial charge in [0.2, 0.25) is 5.13 Å². The number of ether oxygens (including phenoxy) is 1. The van der Waals surface area contributed by atoms with E-state index < -0.39 is 0 Å². The van der Waals surface area contributed by atoms with Crippen molar-refractivity contribution in [1.29, 1.82) is 0 Å². The summed E-state index contributed by atoms with van der Waals surface area (Å²) >= 11 is 1.29. The molecule has 0 fully saturated rings. The summed E-state index contributed by atoms with van der Waals surface area (Å²) in [6.07, 6.45) is 3.25. The highest BCUT2D eigenvalue weighted by atomic mass is 32.1. The van der Waals surface area contributed by atoms with E-state index in [9.17, 15) is 4.79 Å². The number of hydrogen-bond acceptors (Lipinski definition) is 7. The van der Waals surface area contributed by atoms with E-state index in [-0.39, 0.29) is 5.91 Å². The van der Waals surface area contributed by atoms with Gasteiger partial charge in [-0.3, -0.25) is 10.1 Å². The summed E-state index contributed by atoms with van der Waals surface area (Å²) in [5.41, 5.74) is 2.60. The molecule has 130 valence electrons. The summed E-state index contributed by atoms with van der Waals surface area (Å²) in [6, 6.07) is 9.31. The Bertz CT molecular complexity index is 1090. The summed E-state index contributed by atoms with van der Waals surface area (Å²) in [6.45, 7) is 1.86. The third kappa shape index (κ3) is 3.00. The first kappa shape index (κ1) is 16.2. The van der Waals surface area contributed by atoms with Gasteiger partial charge in [0.15, 0.2) is 5.65 Å². The fourth-order valence-electron chi connectivity index (χ4n) is 2.41. The van der Waals surface area contributed by atoms with Gasteiger partial charge in [0, 0.05) is 17.5 Å². The molecule has 0 aliphatic heterocycles. The van der Waals surface area contributed by atoms with Crippen molar-refractivity contribution in [3.63, 3.8) is 0 Å². The first-order valence-corrected chi connectivity index (χ1v) is 8.56. The number of hydrogen-bond donors (Lipinski definition) is 1. The van der Waals surface area contributed by atoms with Crippen LogP contribution in [0.5, 0.6) is 5.75 Å². The number of benzene rings is 1. The van der Waals surface area contributed by atoms with Crippen molar-refractivity contribution in [3.8, 4) is 16.3 Å². The average Bonchev–Trinajstić information content (AvgIpc) is 3.28. The van der Waals surface area contributed by atoms with Gasteiger partial charge in [0.1, 0.15) is 16.3 Å². The Morgan fingerprint density at radius 1 is 1.19 bits per heavy atom. The number of aryl methyl sites for hydroxylation is 1. The van der Waals surface area contributed by atoms with Crippen molar-refractivity contribution in [1.82, 2.24) is 24.8 Å². The van der Waals surface area contributed by atoms with Crippen molar-refractivity contribution >= 4 is 28.0 Å². The minimum absolute atomic E-state index is 0.324. The van der Waals surface area contributed by atoms with E-state index in [0.29, 0.717) is 21.3 Å². The minimum Gasteiger partial charge on any atom is -0.497 e. The van der Waals surface area contributed by atoms with Crippen LogP contribution in [0.4, 0.5) is 5.13 Å². The second-order valence-corrected chi connectivity index (χ2v) is 6.47. The molecule has 8 nitrogen and oxygen atoms in total. The third-order valence-electron chi connectivity index (χ3n) is 3.74. The maximum absolute atomic E-state index is 12.5. The van der Waals surface area contributed by atoms with Gasteiger partial charge >= 0.3 is 0 Å². The van der Waals surface area contributed by atoms with Gasteiger partial charge in [-0.15, -0.1) is 10.2 Å². The van der Waals surface area contributed by atoms with Crippen molar-refractivity contribution in [2.75, 3.05) is 12.4 Å². The highest BCUT2D eigenvalue weighted by molar-refractivity contribution is 7.18. The number of methoxy groups -OCH3 is 1. The number of amides is 1. The van der Waals surface area contributed by atoms with E-state index in [1.807, 2.05) is 37.3 Å². The molecule has 4 rings (SSSR count). The normalized spacial score (nSPS) is 10.8. The molecule has 0 aliphatic rings. The van der Waals surface area contributed by atoms with Gasteiger partial charge in [-0.25, -0.2) is 9.50 Å². The molecule has 0 spiro atoms. The number of rotatable bonds is 4. The fourth-order valence-corrected chi connectivity index (χ4v) is 3.15. The molecule has 0 bridgehead atoms. The number of nitrogens with one attached hydrogen (secondary N) is 1. The van der Waals surface area contributed by atoms with Crippen LogP contribution in [0.2, 0.25) is 0 Å². The van der Waals surface area contributed by atoms with Crippen molar-refractivity contribution < 1.29 is 9.53 Å². The number of aromatic nitrogens is 5. The molecule has 0 aliphatic carbocycles. The van der Waals surface area contributed by atoms with Crippen LogP contribution in [0.25, 0.3) is 16.2 Å². The molecule has 4 aromatic rings. The van der Waals surface area contributed by atoms with Gasteiger partial charge in [0.05, 0.1) is 13.3 Å². The standard InChI is InChI=1S/C17H14N6O2S/c1-10-7-8-23-14(19-10)13(9-18-23)15(24)20-17-22-21-16(26-17)11-3-5-12(25-2)6-4-11/h3-9H,1-2H3,(H,20,22,24). The quantitative estimate of drug-likeness (QED) is 0.597. The first-order chi connectivity index (χ1) is 12.6. The zero-order valence-corrected chi connectivity index (χ0v) is 14.8. The molecule has 3 heterocycles. The van der Waals surface area contributed by atoms with Crippen LogP contribution < -0.4 is 10.1 Å². The monoisotopic (exact) mass is 366 g/mol. The van der Waals surface area contributed by atoms with Crippen molar-refractivity contribution in [2.45, 2.75) is 6.92 Å². The Morgan fingerprint density at radius 2 is 2.00 bits per heavy atom. The molecule has 1 aromatic carbocycles. The van der Waals surface area contributed by atoms with E-state index in [1.54, 1.807) is 17.8 Å². The highest BCUT2D eigenvalue weighted by Crippen LogP contribution is 2.28. The molecular weight excluding hydrogens is 352 g/mol. The lowest BCUT2D eigenvalue weighted by Gasteiger charge is -2.00. The minimum atomic E-state index is -0.324. The lowest BCUT2D eigenvalue weighted by molar-refractivity contribution is 0.102. The van der Waals surface area contributed by atoms with Crippen LogP contribution in [0.15, 0.2) is 42.7 Å². The number of nitrogens with zero attached hydrogens (tertiary/aromatic N) is 5. The summed E-state index contributed by atoms with van der Waals surface area (Å²) in [5.74, 6) is 0.443. The summed E-state index contributed by atoms with van der Waals surface area (Å²) in [5, 5.41) is 16.2. The van der Waals surface area contributed by atoms with Crippen LogP contribution >= 0.6 is 11.3 Å². The number of fused-ring (bicyclic) bond motifs is 1.